The lowest BCUT2D eigenvalue weighted by Gasteiger charge is -2.03. The molecule has 0 unspecified atom stereocenters. The number of aromatic nitrogens is 2. The number of halogens is 3. The van der Waals surface area contributed by atoms with E-state index in [1.807, 2.05) is 0 Å². The summed E-state index contributed by atoms with van der Waals surface area (Å²) in [5, 5.41) is 6.09. The molecule has 0 aliphatic carbocycles. The molecule has 0 aliphatic heterocycles. The van der Waals surface area contributed by atoms with E-state index in [4.69, 9.17) is 0 Å². The van der Waals surface area contributed by atoms with Gasteiger partial charge >= 0.3 is 0 Å². The minimum absolute atomic E-state index is 0.320. The van der Waals surface area contributed by atoms with Gasteiger partial charge in [-0.15, -0.1) is 5.10 Å². The SMILES string of the molecule is O=C(Nc1cnns1)c1cc(F)c(F)c(F)c1. The van der Waals surface area contributed by atoms with E-state index in [0.717, 1.165) is 11.5 Å². The van der Waals surface area contributed by atoms with Crippen LogP contribution in [0.25, 0.3) is 0 Å². The number of nitrogens with one attached hydrogen (secondary N) is 1. The zero-order chi connectivity index (χ0) is 12.4. The summed E-state index contributed by atoms with van der Waals surface area (Å²) in [6.07, 6.45) is 1.28. The van der Waals surface area contributed by atoms with Gasteiger partial charge in [-0.05, 0) is 12.1 Å². The Balaban J connectivity index is 2.26. The van der Waals surface area contributed by atoms with Crippen molar-refractivity contribution in [1.29, 1.82) is 0 Å². The Morgan fingerprint density at radius 3 is 2.41 bits per heavy atom. The molecule has 0 saturated heterocycles. The van der Waals surface area contributed by atoms with Crippen molar-refractivity contribution in [3.05, 3.63) is 41.3 Å². The molecule has 0 radical (unpaired) electrons. The van der Waals surface area contributed by atoms with Crippen LogP contribution >= 0.6 is 11.5 Å². The Morgan fingerprint density at radius 2 is 1.88 bits per heavy atom. The van der Waals surface area contributed by atoms with Crippen molar-refractivity contribution in [2.75, 3.05) is 5.32 Å². The van der Waals surface area contributed by atoms with Gasteiger partial charge in [0.2, 0.25) is 0 Å². The fourth-order valence-corrected chi connectivity index (χ4v) is 1.51. The predicted molar refractivity (Wildman–Crippen MR) is 54.2 cm³/mol. The summed E-state index contributed by atoms with van der Waals surface area (Å²) in [5.41, 5.74) is -0.324. The van der Waals surface area contributed by atoms with Gasteiger partial charge in [-0.3, -0.25) is 4.79 Å². The van der Waals surface area contributed by atoms with Gasteiger partial charge in [-0.2, -0.15) is 0 Å². The van der Waals surface area contributed by atoms with Crippen LogP contribution in [-0.2, 0) is 0 Å². The molecule has 0 atom stereocenters. The summed E-state index contributed by atoms with van der Waals surface area (Å²) < 4.78 is 41.9. The van der Waals surface area contributed by atoms with Gasteiger partial charge in [-0.1, -0.05) is 4.49 Å². The molecule has 2 rings (SSSR count). The number of amides is 1. The second kappa shape index (κ2) is 4.50. The number of hydrogen-bond donors (Lipinski definition) is 1. The molecule has 1 aromatic carbocycles. The zero-order valence-electron chi connectivity index (χ0n) is 8.08. The predicted octanol–water partition coefficient (Wildman–Crippen LogP) is 2.21. The number of carbonyl (C=O) groups excluding carboxylic acids is 1. The van der Waals surface area contributed by atoms with Crippen LogP contribution in [0.2, 0.25) is 0 Å². The maximum absolute atomic E-state index is 12.9. The summed E-state index contributed by atoms with van der Waals surface area (Å²) >= 11 is 0.903. The summed E-state index contributed by atoms with van der Waals surface area (Å²) in [6.45, 7) is 0. The van der Waals surface area contributed by atoms with Gasteiger partial charge in [0.05, 0.1) is 6.20 Å². The highest BCUT2D eigenvalue weighted by atomic mass is 32.1. The Bertz CT molecular complexity index is 536. The van der Waals surface area contributed by atoms with Crippen LogP contribution in [0, 0.1) is 17.5 Å². The number of hydrogen-bond acceptors (Lipinski definition) is 4. The van der Waals surface area contributed by atoms with Crippen LogP contribution in [0.3, 0.4) is 0 Å². The fourth-order valence-electron chi connectivity index (χ4n) is 1.09. The van der Waals surface area contributed by atoms with Gasteiger partial charge in [0.25, 0.3) is 5.91 Å². The highest BCUT2D eigenvalue weighted by Gasteiger charge is 2.15. The first-order valence-electron chi connectivity index (χ1n) is 4.31. The molecule has 0 aliphatic rings. The lowest BCUT2D eigenvalue weighted by molar-refractivity contribution is 0.102. The summed E-state index contributed by atoms with van der Waals surface area (Å²) in [7, 11) is 0. The molecule has 0 spiro atoms. The van der Waals surface area contributed by atoms with Crippen LogP contribution in [0.15, 0.2) is 18.3 Å². The number of anilines is 1. The largest absolute Gasteiger partial charge is 0.311 e. The van der Waals surface area contributed by atoms with Crippen molar-refractivity contribution in [2.24, 2.45) is 0 Å². The van der Waals surface area contributed by atoms with E-state index in [1.54, 1.807) is 0 Å². The molecular formula is C9H4F3N3OS. The van der Waals surface area contributed by atoms with Crippen LogP contribution < -0.4 is 5.32 Å². The van der Waals surface area contributed by atoms with Crippen LogP contribution in [-0.4, -0.2) is 15.5 Å². The molecule has 0 fully saturated rings. The van der Waals surface area contributed by atoms with E-state index >= 15 is 0 Å². The molecular weight excluding hydrogens is 255 g/mol. The standard InChI is InChI=1S/C9H4F3N3OS/c10-5-1-4(2-6(11)8(5)12)9(16)14-7-3-13-15-17-7/h1-3H,(H,14,16). The molecule has 1 aromatic heterocycles. The third kappa shape index (κ3) is 2.41. The van der Waals surface area contributed by atoms with E-state index in [1.165, 1.54) is 6.20 Å². The number of nitrogens with zero attached hydrogens (tertiary/aromatic N) is 2. The Morgan fingerprint density at radius 1 is 1.24 bits per heavy atom. The molecule has 88 valence electrons. The van der Waals surface area contributed by atoms with E-state index in [9.17, 15) is 18.0 Å². The minimum Gasteiger partial charge on any atom is -0.311 e. The average molecular weight is 259 g/mol. The highest BCUT2D eigenvalue weighted by molar-refractivity contribution is 7.10. The van der Waals surface area contributed by atoms with Gasteiger partial charge in [-0.25, -0.2) is 13.2 Å². The lowest BCUT2D eigenvalue weighted by atomic mass is 10.2. The minimum atomic E-state index is -1.61. The van der Waals surface area contributed by atoms with Crippen molar-refractivity contribution in [3.8, 4) is 0 Å². The van der Waals surface area contributed by atoms with Crippen molar-refractivity contribution >= 4 is 22.4 Å². The Labute approximate surface area is 97.3 Å². The molecule has 8 heteroatoms. The molecule has 17 heavy (non-hydrogen) atoms. The second-order valence-electron chi connectivity index (χ2n) is 2.99. The molecule has 2 aromatic rings. The van der Waals surface area contributed by atoms with E-state index in [0.29, 0.717) is 17.1 Å². The van der Waals surface area contributed by atoms with Crippen molar-refractivity contribution in [2.45, 2.75) is 0 Å². The zero-order valence-corrected chi connectivity index (χ0v) is 8.89. The van der Waals surface area contributed by atoms with Gasteiger partial charge in [0, 0.05) is 17.1 Å². The highest BCUT2D eigenvalue weighted by Crippen LogP contribution is 2.16. The summed E-state index contributed by atoms with van der Waals surface area (Å²) in [5.74, 6) is -5.22. The van der Waals surface area contributed by atoms with Crippen LogP contribution in [0.1, 0.15) is 10.4 Å². The first kappa shape index (κ1) is 11.5. The van der Waals surface area contributed by atoms with Crippen LogP contribution in [0.4, 0.5) is 18.2 Å². The number of rotatable bonds is 2. The van der Waals surface area contributed by atoms with Gasteiger partial charge in [0.15, 0.2) is 17.5 Å². The lowest BCUT2D eigenvalue weighted by Crippen LogP contribution is -2.12. The normalized spacial score (nSPS) is 10.3. The monoisotopic (exact) mass is 259 g/mol. The molecule has 1 heterocycles. The smallest absolute Gasteiger partial charge is 0.256 e. The van der Waals surface area contributed by atoms with E-state index in [-0.39, 0.29) is 5.56 Å². The Kier molecular flexibility index (Phi) is 3.05. The van der Waals surface area contributed by atoms with Crippen molar-refractivity contribution in [3.63, 3.8) is 0 Å². The first-order chi connectivity index (χ1) is 8.08. The topological polar surface area (TPSA) is 54.9 Å². The second-order valence-corrected chi connectivity index (χ2v) is 3.78. The summed E-state index contributed by atoms with van der Waals surface area (Å²) in [4.78, 5) is 11.5. The van der Waals surface area contributed by atoms with Crippen molar-refractivity contribution < 1.29 is 18.0 Å². The maximum atomic E-state index is 12.9. The van der Waals surface area contributed by atoms with E-state index < -0.39 is 23.4 Å². The first-order valence-corrected chi connectivity index (χ1v) is 5.08. The molecule has 1 N–H and O–H groups in total. The van der Waals surface area contributed by atoms with Crippen LogP contribution in [0.5, 0.6) is 0 Å². The van der Waals surface area contributed by atoms with E-state index in [2.05, 4.69) is 14.9 Å². The summed E-state index contributed by atoms with van der Waals surface area (Å²) in [6, 6.07) is 1.23. The molecule has 1 amide bonds. The Hall–Kier alpha value is -1.96. The molecule has 0 bridgehead atoms. The average Bonchev–Trinajstić information content (AvgIpc) is 2.77. The third-order valence-corrected chi connectivity index (χ3v) is 2.42. The maximum Gasteiger partial charge on any atom is 0.256 e. The third-order valence-electron chi connectivity index (χ3n) is 1.84. The molecule has 4 nitrogen and oxygen atoms in total. The fraction of sp³-hybridized carbons (Fsp3) is 0. The number of benzene rings is 1. The number of carbonyl (C=O) groups is 1. The van der Waals surface area contributed by atoms with Gasteiger partial charge in [0.1, 0.15) is 5.00 Å². The molecule has 0 saturated carbocycles. The van der Waals surface area contributed by atoms with Gasteiger partial charge < -0.3 is 5.32 Å². The van der Waals surface area contributed by atoms with Crippen molar-refractivity contribution in [1.82, 2.24) is 9.59 Å². The quantitative estimate of drug-likeness (QED) is 0.841.